The van der Waals surface area contributed by atoms with Crippen molar-refractivity contribution in [1.82, 2.24) is 10.2 Å². The third-order valence-corrected chi connectivity index (χ3v) is 4.75. The minimum atomic E-state index is -0.872. The van der Waals surface area contributed by atoms with Gasteiger partial charge < -0.3 is 10.2 Å². The van der Waals surface area contributed by atoms with Gasteiger partial charge in [-0.05, 0) is 30.7 Å². The van der Waals surface area contributed by atoms with Crippen molar-refractivity contribution in [3.63, 3.8) is 0 Å². The first kappa shape index (κ1) is 14.1. The number of amides is 1. The molecule has 6 heteroatoms. The van der Waals surface area contributed by atoms with E-state index in [0.29, 0.717) is 10.0 Å². The van der Waals surface area contributed by atoms with E-state index in [0.717, 1.165) is 18.5 Å². The highest BCUT2D eigenvalue weighted by Gasteiger charge is 2.40. The summed E-state index contributed by atoms with van der Waals surface area (Å²) in [5.74, 6) is 0.0448. The molecule has 108 valence electrons. The molecule has 1 amide bonds. The van der Waals surface area contributed by atoms with Gasteiger partial charge in [0.05, 0.1) is 29.2 Å². The molecule has 0 aliphatic carbocycles. The number of alkyl halides is 1. The maximum atomic E-state index is 12.9. The molecule has 1 N–H and O–H groups in total. The van der Waals surface area contributed by atoms with Gasteiger partial charge >= 0.3 is 0 Å². The van der Waals surface area contributed by atoms with Crippen molar-refractivity contribution in [3.8, 4) is 0 Å². The van der Waals surface area contributed by atoms with Crippen molar-refractivity contribution in [3.05, 3.63) is 33.8 Å². The van der Waals surface area contributed by atoms with Crippen molar-refractivity contribution in [2.24, 2.45) is 0 Å². The van der Waals surface area contributed by atoms with Crippen LogP contribution < -0.4 is 5.32 Å². The molecule has 0 aromatic heterocycles. The molecule has 20 heavy (non-hydrogen) atoms. The minimum Gasteiger partial charge on any atom is -0.335 e. The van der Waals surface area contributed by atoms with Gasteiger partial charge in [0, 0.05) is 5.92 Å². The molecule has 1 aromatic rings. The quantitative estimate of drug-likeness (QED) is 0.909. The molecular weight excluding hydrogens is 302 g/mol. The van der Waals surface area contributed by atoms with Gasteiger partial charge in [0.15, 0.2) is 0 Å². The fraction of sp³-hybridized carbons (Fsp3) is 0.500. The van der Waals surface area contributed by atoms with E-state index in [4.69, 9.17) is 23.2 Å². The zero-order valence-electron chi connectivity index (χ0n) is 10.8. The van der Waals surface area contributed by atoms with Crippen LogP contribution in [0.2, 0.25) is 10.0 Å². The molecule has 0 radical (unpaired) electrons. The van der Waals surface area contributed by atoms with Crippen LogP contribution >= 0.6 is 23.2 Å². The molecule has 0 saturated carbocycles. The maximum Gasteiger partial charge on any atom is 0.240 e. The number of carbonyl (C=O) groups excluding carboxylic acids is 1. The first-order chi connectivity index (χ1) is 9.56. The molecule has 2 aliphatic heterocycles. The molecule has 3 nitrogen and oxygen atoms in total. The van der Waals surface area contributed by atoms with Gasteiger partial charge in [-0.25, -0.2) is 4.39 Å². The van der Waals surface area contributed by atoms with Gasteiger partial charge in [-0.3, -0.25) is 4.79 Å². The predicted octanol–water partition coefficient (Wildman–Crippen LogP) is 2.62. The third kappa shape index (κ3) is 2.52. The average Bonchev–Trinajstić information content (AvgIpc) is 2.87. The summed E-state index contributed by atoms with van der Waals surface area (Å²) in [5, 5.41) is 4.22. The maximum absolute atomic E-state index is 12.9. The predicted molar refractivity (Wildman–Crippen MR) is 77.1 cm³/mol. The van der Waals surface area contributed by atoms with Crippen LogP contribution in [0.4, 0.5) is 4.39 Å². The fourth-order valence-electron chi connectivity index (χ4n) is 2.87. The zero-order valence-corrected chi connectivity index (χ0v) is 12.3. The summed E-state index contributed by atoms with van der Waals surface area (Å²) in [7, 11) is 0. The smallest absolute Gasteiger partial charge is 0.240 e. The van der Waals surface area contributed by atoms with Crippen LogP contribution in [0.5, 0.6) is 0 Å². The van der Waals surface area contributed by atoms with Gasteiger partial charge in [-0.15, -0.1) is 0 Å². The van der Waals surface area contributed by atoms with Gasteiger partial charge in [0.2, 0.25) is 5.91 Å². The van der Waals surface area contributed by atoms with Crippen LogP contribution in [-0.2, 0) is 4.79 Å². The van der Waals surface area contributed by atoms with E-state index in [1.165, 1.54) is 0 Å². The Hall–Kier alpha value is -0.840. The number of likely N-dealkylation sites (tertiary alicyclic amines) is 1. The number of rotatable bonds is 2. The molecule has 2 atom stereocenters. The van der Waals surface area contributed by atoms with Gasteiger partial charge in [-0.2, -0.15) is 0 Å². The molecular formula is C14H15Cl2FN2O. The van der Waals surface area contributed by atoms with E-state index in [1.54, 1.807) is 11.0 Å². The second-order valence-electron chi connectivity index (χ2n) is 5.34. The largest absolute Gasteiger partial charge is 0.335 e. The van der Waals surface area contributed by atoms with E-state index in [2.05, 4.69) is 5.32 Å². The topological polar surface area (TPSA) is 32.3 Å². The molecule has 0 unspecified atom stereocenters. The van der Waals surface area contributed by atoms with Crippen LogP contribution in [0.25, 0.3) is 0 Å². The van der Waals surface area contributed by atoms with Crippen molar-refractivity contribution in [2.75, 3.05) is 19.6 Å². The molecule has 0 bridgehead atoms. The first-order valence-electron chi connectivity index (χ1n) is 6.67. The molecule has 2 aliphatic rings. The number of nitrogens with one attached hydrogen (secondary N) is 1. The molecule has 0 spiro atoms. The lowest BCUT2D eigenvalue weighted by Crippen LogP contribution is -2.57. The monoisotopic (exact) mass is 316 g/mol. The van der Waals surface area contributed by atoms with Gasteiger partial charge in [0.1, 0.15) is 6.17 Å². The number of carbonyl (C=O) groups is 1. The molecule has 3 rings (SSSR count). The van der Waals surface area contributed by atoms with E-state index in [1.807, 2.05) is 12.1 Å². The Morgan fingerprint density at radius 2 is 2.05 bits per heavy atom. The van der Waals surface area contributed by atoms with Crippen LogP contribution in [0.1, 0.15) is 17.9 Å². The SMILES string of the molecule is O=C([C@@H]1NCC[C@@H]1c1ccc(Cl)c(Cl)c1)N1CC(F)C1. The number of hydrogen-bond acceptors (Lipinski definition) is 2. The summed E-state index contributed by atoms with van der Waals surface area (Å²) in [5.41, 5.74) is 1.00. The van der Waals surface area contributed by atoms with E-state index >= 15 is 0 Å². The minimum absolute atomic E-state index is 0.0209. The van der Waals surface area contributed by atoms with Crippen molar-refractivity contribution in [1.29, 1.82) is 0 Å². The van der Waals surface area contributed by atoms with E-state index < -0.39 is 6.17 Å². The number of halogens is 3. The van der Waals surface area contributed by atoms with Crippen molar-refractivity contribution in [2.45, 2.75) is 24.6 Å². The van der Waals surface area contributed by atoms with Gasteiger partial charge in [-0.1, -0.05) is 29.3 Å². The molecule has 1 aromatic carbocycles. The Balaban J connectivity index is 1.78. The Morgan fingerprint density at radius 3 is 2.70 bits per heavy atom. The standard InChI is InChI=1S/C14H15Cl2FN2O/c15-11-2-1-8(5-12(11)16)10-3-4-18-13(10)14(20)19-6-9(17)7-19/h1-2,5,9-10,13,18H,3-4,6-7H2/t10-,13-/m1/s1. The third-order valence-electron chi connectivity index (χ3n) is 4.01. The summed E-state index contributed by atoms with van der Waals surface area (Å²) in [4.78, 5) is 13.9. The lowest BCUT2D eigenvalue weighted by Gasteiger charge is -2.37. The van der Waals surface area contributed by atoms with Crippen LogP contribution in [0.3, 0.4) is 0 Å². The first-order valence-corrected chi connectivity index (χ1v) is 7.43. The lowest BCUT2D eigenvalue weighted by atomic mass is 9.90. The Morgan fingerprint density at radius 1 is 1.30 bits per heavy atom. The van der Waals surface area contributed by atoms with Crippen LogP contribution in [0.15, 0.2) is 18.2 Å². The summed E-state index contributed by atoms with van der Waals surface area (Å²) in [6.07, 6.45) is -0.00914. The summed E-state index contributed by atoms with van der Waals surface area (Å²) >= 11 is 12.0. The Labute approximate surface area is 127 Å². The van der Waals surface area contributed by atoms with Gasteiger partial charge in [0.25, 0.3) is 0 Å². The highest BCUT2D eigenvalue weighted by atomic mass is 35.5. The highest BCUT2D eigenvalue weighted by molar-refractivity contribution is 6.42. The summed E-state index contributed by atoms with van der Waals surface area (Å²) in [6.45, 7) is 1.20. The Bertz CT molecular complexity index is 534. The normalized spacial score (nSPS) is 26.6. The fourth-order valence-corrected chi connectivity index (χ4v) is 3.17. The Kier molecular flexibility index (Phi) is 3.89. The second-order valence-corrected chi connectivity index (χ2v) is 6.16. The summed E-state index contributed by atoms with van der Waals surface area (Å²) < 4.78 is 12.9. The van der Waals surface area contributed by atoms with Crippen molar-refractivity contribution >= 4 is 29.1 Å². The average molecular weight is 317 g/mol. The molecule has 2 fully saturated rings. The van der Waals surface area contributed by atoms with Crippen molar-refractivity contribution < 1.29 is 9.18 Å². The highest BCUT2D eigenvalue weighted by Crippen LogP contribution is 2.33. The van der Waals surface area contributed by atoms with Crippen LogP contribution in [0, 0.1) is 0 Å². The molecule has 2 saturated heterocycles. The number of nitrogens with zero attached hydrogens (tertiary/aromatic N) is 1. The summed E-state index contributed by atoms with van der Waals surface area (Å²) in [6, 6.07) is 5.18. The zero-order chi connectivity index (χ0) is 14.3. The second kappa shape index (κ2) is 5.51. The number of benzene rings is 1. The van der Waals surface area contributed by atoms with Crippen LogP contribution in [-0.4, -0.2) is 42.7 Å². The van der Waals surface area contributed by atoms with E-state index in [-0.39, 0.29) is 31.0 Å². The lowest BCUT2D eigenvalue weighted by molar-refractivity contribution is -0.140. The number of hydrogen-bond donors (Lipinski definition) is 1. The van der Waals surface area contributed by atoms with E-state index in [9.17, 15) is 9.18 Å². The molecule has 2 heterocycles.